The lowest BCUT2D eigenvalue weighted by atomic mass is 10.0. The van der Waals surface area contributed by atoms with Gasteiger partial charge in [0, 0.05) is 16.6 Å². The van der Waals surface area contributed by atoms with E-state index in [9.17, 15) is 9.59 Å². The van der Waals surface area contributed by atoms with Crippen LogP contribution in [0.15, 0.2) is 18.2 Å². The Balaban J connectivity index is 2.56. The molecule has 116 valence electrons. The summed E-state index contributed by atoms with van der Waals surface area (Å²) in [7, 11) is 0. The number of hydrogen-bond acceptors (Lipinski definition) is 2. The van der Waals surface area contributed by atoms with Crippen molar-refractivity contribution in [3.63, 3.8) is 0 Å². The second-order valence-electron chi connectivity index (χ2n) is 5.08. The van der Waals surface area contributed by atoms with Gasteiger partial charge >= 0.3 is 12.0 Å². The van der Waals surface area contributed by atoms with E-state index in [2.05, 4.69) is 10.6 Å². The lowest BCUT2D eigenvalue weighted by Crippen LogP contribution is -2.46. The molecular formula is C14H18Cl2N2O3. The second-order valence-corrected chi connectivity index (χ2v) is 5.93. The zero-order chi connectivity index (χ0) is 16.0. The quantitative estimate of drug-likeness (QED) is 0.747. The predicted molar refractivity (Wildman–Crippen MR) is 82.7 cm³/mol. The first-order chi connectivity index (χ1) is 9.79. The molecule has 1 atom stereocenters. The Labute approximate surface area is 133 Å². The van der Waals surface area contributed by atoms with E-state index in [4.69, 9.17) is 28.3 Å². The molecule has 1 rings (SSSR count). The zero-order valence-corrected chi connectivity index (χ0v) is 13.3. The van der Waals surface area contributed by atoms with E-state index in [-0.39, 0.29) is 12.5 Å². The first-order valence-corrected chi connectivity index (χ1v) is 7.26. The minimum Gasteiger partial charge on any atom is -0.480 e. The number of benzene rings is 1. The summed E-state index contributed by atoms with van der Waals surface area (Å²) in [6.07, 6.45) is 0.362. The fourth-order valence-corrected chi connectivity index (χ4v) is 2.14. The van der Waals surface area contributed by atoms with Crippen LogP contribution in [0.25, 0.3) is 0 Å². The van der Waals surface area contributed by atoms with E-state index in [1.54, 1.807) is 18.2 Å². The molecule has 0 bridgehead atoms. The molecule has 7 heteroatoms. The van der Waals surface area contributed by atoms with Crippen molar-refractivity contribution in [2.24, 2.45) is 5.92 Å². The van der Waals surface area contributed by atoms with Gasteiger partial charge < -0.3 is 15.7 Å². The molecule has 1 unspecified atom stereocenters. The molecule has 0 aromatic heterocycles. The Morgan fingerprint density at radius 2 is 1.95 bits per heavy atom. The van der Waals surface area contributed by atoms with Gasteiger partial charge in [0.1, 0.15) is 6.04 Å². The van der Waals surface area contributed by atoms with E-state index in [1.165, 1.54) is 0 Å². The molecular weight excluding hydrogens is 315 g/mol. The highest BCUT2D eigenvalue weighted by Gasteiger charge is 2.20. The van der Waals surface area contributed by atoms with Crippen molar-refractivity contribution >= 4 is 35.2 Å². The van der Waals surface area contributed by atoms with Crippen molar-refractivity contribution < 1.29 is 14.7 Å². The van der Waals surface area contributed by atoms with Gasteiger partial charge in [0.05, 0.1) is 0 Å². The lowest BCUT2D eigenvalue weighted by Gasteiger charge is -2.17. The highest BCUT2D eigenvalue weighted by atomic mass is 35.5. The van der Waals surface area contributed by atoms with Crippen LogP contribution in [0.5, 0.6) is 0 Å². The molecule has 0 saturated carbocycles. The van der Waals surface area contributed by atoms with E-state index in [0.717, 1.165) is 0 Å². The minimum atomic E-state index is -1.06. The van der Waals surface area contributed by atoms with Crippen LogP contribution in [-0.2, 0) is 11.3 Å². The molecule has 1 aromatic carbocycles. The number of amides is 2. The Bertz CT molecular complexity index is 521. The molecule has 0 spiro atoms. The van der Waals surface area contributed by atoms with E-state index in [1.807, 2.05) is 13.8 Å². The van der Waals surface area contributed by atoms with Crippen LogP contribution in [0.3, 0.4) is 0 Å². The SMILES string of the molecule is CC(C)CC(NC(=O)NCc1cc(Cl)ccc1Cl)C(=O)O. The number of hydrogen-bond donors (Lipinski definition) is 3. The van der Waals surface area contributed by atoms with E-state index in [0.29, 0.717) is 22.0 Å². The predicted octanol–water partition coefficient (Wildman–Crippen LogP) is 3.29. The number of halogens is 2. The minimum absolute atomic E-state index is 0.161. The van der Waals surface area contributed by atoms with Crippen LogP contribution < -0.4 is 10.6 Å². The van der Waals surface area contributed by atoms with Gasteiger partial charge in [-0.3, -0.25) is 0 Å². The average molecular weight is 333 g/mol. The topological polar surface area (TPSA) is 78.4 Å². The Morgan fingerprint density at radius 1 is 1.29 bits per heavy atom. The van der Waals surface area contributed by atoms with Crippen molar-refractivity contribution in [3.8, 4) is 0 Å². The average Bonchev–Trinajstić information content (AvgIpc) is 2.38. The summed E-state index contributed by atoms with van der Waals surface area (Å²) in [6.45, 7) is 3.95. The molecule has 0 aliphatic rings. The summed E-state index contributed by atoms with van der Waals surface area (Å²) in [5.41, 5.74) is 0.662. The highest BCUT2D eigenvalue weighted by molar-refractivity contribution is 6.33. The van der Waals surface area contributed by atoms with Gasteiger partial charge in [0.25, 0.3) is 0 Å². The summed E-state index contributed by atoms with van der Waals surface area (Å²) in [5, 5.41) is 15.0. The smallest absolute Gasteiger partial charge is 0.326 e. The largest absolute Gasteiger partial charge is 0.480 e. The molecule has 0 radical (unpaired) electrons. The number of carbonyl (C=O) groups is 2. The molecule has 21 heavy (non-hydrogen) atoms. The number of nitrogens with one attached hydrogen (secondary N) is 2. The number of rotatable bonds is 6. The third kappa shape index (κ3) is 6.23. The summed E-state index contributed by atoms with van der Waals surface area (Å²) in [4.78, 5) is 22.8. The number of urea groups is 1. The molecule has 0 aliphatic carbocycles. The lowest BCUT2D eigenvalue weighted by molar-refractivity contribution is -0.139. The van der Waals surface area contributed by atoms with Gasteiger partial charge in [-0.1, -0.05) is 37.0 Å². The molecule has 1 aromatic rings. The van der Waals surface area contributed by atoms with Gasteiger partial charge in [-0.2, -0.15) is 0 Å². The van der Waals surface area contributed by atoms with Crippen LogP contribution >= 0.6 is 23.2 Å². The zero-order valence-electron chi connectivity index (χ0n) is 11.8. The van der Waals surface area contributed by atoms with Crippen LogP contribution in [-0.4, -0.2) is 23.1 Å². The van der Waals surface area contributed by atoms with Crippen LogP contribution in [0.1, 0.15) is 25.8 Å². The van der Waals surface area contributed by atoms with Gasteiger partial charge in [-0.05, 0) is 36.1 Å². The van der Waals surface area contributed by atoms with Gasteiger partial charge in [0.2, 0.25) is 0 Å². The Hall–Kier alpha value is -1.46. The monoisotopic (exact) mass is 332 g/mol. The first kappa shape index (κ1) is 17.6. The van der Waals surface area contributed by atoms with Crippen LogP contribution in [0.4, 0.5) is 4.79 Å². The fourth-order valence-electron chi connectivity index (χ4n) is 1.76. The molecule has 2 amide bonds. The molecule has 0 fully saturated rings. The van der Waals surface area contributed by atoms with Crippen LogP contribution in [0.2, 0.25) is 10.0 Å². The summed E-state index contributed by atoms with van der Waals surface area (Å²) in [5.74, 6) is -0.895. The Morgan fingerprint density at radius 3 is 2.52 bits per heavy atom. The van der Waals surface area contributed by atoms with Crippen LogP contribution in [0, 0.1) is 5.92 Å². The van der Waals surface area contributed by atoms with E-state index < -0.39 is 18.0 Å². The molecule has 3 N–H and O–H groups in total. The van der Waals surface area contributed by atoms with Crippen molar-refractivity contribution in [2.45, 2.75) is 32.9 Å². The van der Waals surface area contributed by atoms with Gasteiger partial charge in [-0.15, -0.1) is 0 Å². The molecule has 0 aliphatic heterocycles. The standard InChI is InChI=1S/C14H18Cl2N2O3/c1-8(2)5-12(13(19)20)18-14(21)17-7-9-6-10(15)3-4-11(9)16/h3-4,6,8,12H,5,7H2,1-2H3,(H,19,20)(H2,17,18,21). The number of aliphatic carboxylic acids is 1. The third-order valence-electron chi connectivity index (χ3n) is 2.76. The summed E-state index contributed by atoms with van der Waals surface area (Å²) >= 11 is 11.8. The Kier molecular flexibility index (Phi) is 6.78. The maximum atomic E-state index is 11.7. The second kappa shape index (κ2) is 8.10. The number of carboxylic acids is 1. The molecule has 5 nitrogen and oxygen atoms in total. The van der Waals surface area contributed by atoms with Crippen molar-refractivity contribution in [3.05, 3.63) is 33.8 Å². The molecule has 0 heterocycles. The van der Waals surface area contributed by atoms with E-state index >= 15 is 0 Å². The summed E-state index contributed by atoms with van der Waals surface area (Å²) < 4.78 is 0. The number of carboxylic acid groups (broad SMARTS) is 1. The van der Waals surface area contributed by atoms with Crippen molar-refractivity contribution in [1.29, 1.82) is 0 Å². The molecule has 0 saturated heterocycles. The highest BCUT2D eigenvalue weighted by Crippen LogP contribution is 2.20. The van der Waals surface area contributed by atoms with Crippen molar-refractivity contribution in [1.82, 2.24) is 10.6 Å². The fraction of sp³-hybridized carbons (Fsp3) is 0.429. The van der Waals surface area contributed by atoms with Gasteiger partial charge in [-0.25, -0.2) is 9.59 Å². The number of carbonyl (C=O) groups excluding carboxylic acids is 1. The van der Waals surface area contributed by atoms with Crippen molar-refractivity contribution in [2.75, 3.05) is 0 Å². The maximum absolute atomic E-state index is 11.7. The maximum Gasteiger partial charge on any atom is 0.326 e. The first-order valence-electron chi connectivity index (χ1n) is 6.50. The third-order valence-corrected chi connectivity index (χ3v) is 3.36. The summed E-state index contributed by atoms with van der Waals surface area (Å²) in [6, 6.07) is 3.46. The van der Waals surface area contributed by atoms with Gasteiger partial charge in [0.15, 0.2) is 0 Å². The normalized spacial score (nSPS) is 12.0.